The van der Waals surface area contributed by atoms with E-state index in [1.165, 1.54) is 0 Å². The number of carboxylic acids is 1. The molecule has 0 fully saturated rings. The van der Waals surface area contributed by atoms with Crippen LogP contribution in [-0.2, 0) is 22.4 Å². The van der Waals surface area contributed by atoms with Gasteiger partial charge in [-0.1, -0.05) is 48.5 Å². The fourth-order valence-corrected chi connectivity index (χ4v) is 5.13. The van der Waals surface area contributed by atoms with Crippen LogP contribution >= 0.6 is 0 Å². The van der Waals surface area contributed by atoms with Gasteiger partial charge >= 0.3 is 12.1 Å². The summed E-state index contributed by atoms with van der Waals surface area (Å²) in [6.45, 7) is -0.0588. The molecule has 2 aliphatic rings. The second-order valence-corrected chi connectivity index (χ2v) is 8.67. The molecule has 0 aromatic heterocycles. The third kappa shape index (κ3) is 3.80. The van der Waals surface area contributed by atoms with Gasteiger partial charge in [0.05, 0.1) is 0 Å². The molecule has 0 saturated heterocycles. The smallest absolute Gasteiger partial charge is 0.407 e. The van der Waals surface area contributed by atoms with Crippen LogP contribution in [0.3, 0.4) is 0 Å². The van der Waals surface area contributed by atoms with Crippen LogP contribution < -0.4 is 5.32 Å². The van der Waals surface area contributed by atoms with Gasteiger partial charge in [0.15, 0.2) is 23.3 Å². The van der Waals surface area contributed by atoms with Crippen LogP contribution in [0.25, 0.3) is 11.1 Å². The van der Waals surface area contributed by atoms with Gasteiger partial charge in [-0.2, -0.15) is 0 Å². The minimum atomic E-state index is -1.95. The molecular weight excluding hydrogens is 466 g/mol. The van der Waals surface area contributed by atoms with Crippen molar-refractivity contribution in [2.45, 2.75) is 24.8 Å². The van der Waals surface area contributed by atoms with Crippen molar-refractivity contribution in [3.05, 3.63) is 94.1 Å². The minimum absolute atomic E-state index is 0.0588. The summed E-state index contributed by atoms with van der Waals surface area (Å²) >= 11 is 0. The Morgan fingerprint density at radius 3 is 1.83 bits per heavy atom. The Bertz CT molecular complexity index is 1280. The van der Waals surface area contributed by atoms with Gasteiger partial charge in [-0.3, -0.25) is 0 Å². The second kappa shape index (κ2) is 8.72. The molecule has 0 saturated carbocycles. The summed E-state index contributed by atoms with van der Waals surface area (Å²) in [4.78, 5) is 24.4. The number of benzene rings is 3. The first kappa shape index (κ1) is 22.9. The number of alkyl carbamates (subject to hydrolysis) is 1. The summed E-state index contributed by atoms with van der Waals surface area (Å²) in [6, 6.07) is 13.8. The van der Waals surface area contributed by atoms with Crippen molar-refractivity contribution in [3.63, 3.8) is 0 Å². The molecule has 0 radical (unpaired) electrons. The molecule has 5 rings (SSSR count). The van der Waals surface area contributed by atoms with E-state index in [9.17, 15) is 32.3 Å². The van der Waals surface area contributed by atoms with Crippen molar-refractivity contribution >= 4 is 12.1 Å². The first-order chi connectivity index (χ1) is 16.8. The highest BCUT2D eigenvalue weighted by Crippen LogP contribution is 2.44. The SMILES string of the molecule is O=C(N[C@@H](C(=O)O)C1Cc2c(F)c(F)c(F)c(F)c2C1)OCC1c2ccccc2-c2ccccc21. The number of carbonyl (C=O) groups is 2. The molecule has 9 heteroatoms. The lowest BCUT2D eigenvalue weighted by molar-refractivity contribution is -0.140. The van der Waals surface area contributed by atoms with Crippen LogP contribution in [0.5, 0.6) is 0 Å². The van der Waals surface area contributed by atoms with Crippen molar-refractivity contribution < 1.29 is 37.0 Å². The zero-order valence-electron chi connectivity index (χ0n) is 18.2. The predicted molar refractivity (Wildman–Crippen MR) is 117 cm³/mol. The highest BCUT2D eigenvalue weighted by Gasteiger charge is 2.40. The van der Waals surface area contributed by atoms with Crippen molar-refractivity contribution in [3.8, 4) is 11.1 Å². The van der Waals surface area contributed by atoms with Crippen LogP contribution in [0.15, 0.2) is 48.5 Å². The maximum atomic E-state index is 14.1. The third-order valence-electron chi connectivity index (χ3n) is 6.76. The van der Waals surface area contributed by atoms with Crippen molar-refractivity contribution in [1.82, 2.24) is 5.32 Å². The van der Waals surface area contributed by atoms with Gasteiger partial charge in [-0.15, -0.1) is 0 Å². The number of halogens is 4. The van der Waals surface area contributed by atoms with Crippen LogP contribution in [-0.4, -0.2) is 29.8 Å². The molecule has 0 heterocycles. The van der Waals surface area contributed by atoms with E-state index >= 15 is 0 Å². The van der Waals surface area contributed by atoms with Crippen LogP contribution in [0.1, 0.15) is 28.2 Å². The molecule has 3 aromatic rings. The molecule has 180 valence electrons. The van der Waals surface area contributed by atoms with Crippen LogP contribution in [0.2, 0.25) is 0 Å². The number of rotatable bonds is 5. The van der Waals surface area contributed by atoms with Gasteiger partial charge in [0.2, 0.25) is 0 Å². The quantitative estimate of drug-likeness (QED) is 0.305. The molecule has 1 atom stereocenters. The molecule has 3 aromatic carbocycles. The van der Waals surface area contributed by atoms with E-state index in [0.717, 1.165) is 22.3 Å². The first-order valence-electron chi connectivity index (χ1n) is 11.0. The Labute approximate surface area is 197 Å². The van der Waals surface area contributed by atoms with Crippen molar-refractivity contribution in [2.24, 2.45) is 5.92 Å². The summed E-state index contributed by atoms with van der Waals surface area (Å²) in [5.74, 6) is -9.72. The Morgan fingerprint density at radius 2 is 1.34 bits per heavy atom. The largest absolute Gasteiger partial charge is 0.480 e. The normalized spacial score (nSPS) is 15.3. The zero-order chi connectivity index (χ0) is 24.9. The molecule has 2 N–H and O–H groups in total. The lowest BCUT2D eigenvalue weighted by Crippen LogP contribution is -2.46. The lowest BCUT2D eigenvalue weighted by atomic mass is 9.96. The van der Waals surface area contributed by atoms with Gasteiger partial charge in [-0.05, 0) is 52.1 Å². The number of carboxylic acid groups (broad SMARTS) is 1. The van der Waals surface area contributed by atoms with Crippen LogP contribution in [0, 0.1) is 29.2 Å². The summed E-state index contributed by atoms with van der Waals surface area (Å²) in [6.07, 6.45) is -1.78. The van der Waals surface area contributed by atoms with Crippen molar-refractivity contribution in [2.75, 3.05) is 6.61 Å². The molecule has 0 bridgehead atoms. The summed E-state index contributed by atoms with van der Waals surface area (Å²) in [5, 5.41) is 11.9. The number of carbonyl (C=O) groups excluding carboxylic acids is 1. The number of hydrogen-bond donors (Lipinski definition) is 2. The van der Waals surface area contributed by atoms with E-state index in [2.05, 4.69) is 5.32 Å². The Kier molecular flexibility index (Phi) is 5.70. The van der Waals surface area contributed by atoms with Gasteiger partial charge < -0.3 is 15.2 Å². The van der Waals surface area contributed by atoms with Crippen molar-refractivity contribution in [1.29, 1.82) is 0 Å². The fraction of sp³-hybridized carbons (Fsp3) is 0.231. The number of aliphatic carboxylic acids is 1. The Balaban J connectivity index is 1.30. The van der Waals surface area contributed by atoms with Gasteiger partial charge in [0.1, 0.15) is 12.6 Å². The van der Waals surface area contributed by atoms with Gasteiger partial charge in [-0.25, -0.2) is 27.2 Å². The highest BCUT2D eigenvalue weighted by atomic mass is 19.2. The molecule has 0 spiro atoms. The maximum Gasteiger partial charge on any atom is 0.407 e. The number of hydrogen-bond acceptors (Lipinski definition) is 3. The third-order valence-corrected chi connectivity index (χ3v) is 6.76. The average molecular weight is 485 g/mol. The topological polar surface area (TPSA) is 75.6 Å². The molecule has 5 nitrogen and oxygen atoms in total. The number of fused-ring (bicyclic) bond motifs is 4. The Hall–Kier alpha value is -3.88. The van der Waals surface area contributed by atoms with E-state index in [1.54, 1.807) is 0 Å². The number of ether oxygens (including phenoxy) is 1. The molecule has 0 aliphatic heterocycles. The molecular formula is C26H19F4NO4. The van der Waals surface area contributed by atoms with Crippen LogP contribution in [0.4, 0.5) is 22.4 Å². The highest BCUT2D eigenvalue weighted by molar-refractivity contribution is 5.81. The number of nitrogens with one attached hydrogen (secondary N) is 1. The second-order valence-electron chi connectivity index (χ2n) is 8.67. The molecule has 2 aliphatic carbocycles. The van der Waals surface area contributed by atoms with E-state index in [-0.39, 0.29) is 25.4 Å². The fourth-order valence-electron chi connectivity index (χ4n) is 5.13. The first-order valence-corrected chi connectivity index (χ1v) is 11.0. The molecule has 35 heavy (non-hydrogen) atoms. The lowest BCUT2D eigenvalue weighted by Gasteiger charge is -2.21. The molecule has 1 amide bonds. The maximum absolute atomic E-state index is 14.1. The van der Waals surface area contributed by atoms with Gasteiger partial charge in [0.25, 0.3) is 0 Å². The van der Waals surface area contributed by atoms with E-state index in [1.807, 2.05) is 48.5 Å². The van der Waals surface area contributed by atoms with Gasteiger partial charge in [0, 0.05) is 5.92 Å². The minimum Gasteiger partial charge on any atom is -0.480 e. The van der Waals surface area contributed by atoms with E-state index in [0.29, 0.717) is 0 Å². The average Bonchev–Trinajstić information content (AvgIpc) is 3.43. The predicted octanol–water partition coefficient (Wildman–Crippen LogP) is 4.95. The standard InChI is InChI=1S/C26H19F4NO4/c27-20-17-9-12(10-18(17)21(28)23(30)22(20)29)24(25(32)33)31-26(34)35-11-19-15-7-3-1-5-13(15)14-6-2-4-8-16(14)19/h1-8,12,19,24H,9-11H2,(H,31,34)(H,32,33)/t24-/m1/s1. The molecule has 0 unspecified atom stereocenters. The summed E-state index contributed by atoms with van der Waals surface area (Å²) < 4.78 is 60.9. The summed E-state index contributed by atoms with van der Waals surface area (Å²) in [7, 11) is 0. The number of amides is 1. The van der Waals surface area contributed by atoms with E-state index in [4.69, 9.17) is 4.74 Å². The summed E-state index contributed by atoms with van der Waals surface area (Å²) in [5.41, 5.74) is 3.13. The van der Waals surface area contributed by atoms with E-state index < -0.39 is 58.4 Å². The zero-order valence-corrected chi connectivity index (χ0v) is 18.2. The monoisotopic (exact) mass is 485 g/mol. The Morgan fingerprint density at radius 1 is 0.857 bits per heavy atom.